The van der Waals surface area contributed by atoms with Crippen molar-refractivity contribution in [3.05, 3.63) is 72.3 Å². The van der Waals surface area contributed by atoms with Gasteiger partial charge >= 0.3 is 0 Å². The molecule has 0 spiro atoms. The molecule has 0 radical (unpaired) electrons. The zero-order valence-electron chi connectivity index (χ0n) is 15.2. The number of nitrogens with one attached hydrogen (secondary N) is 1. The van der Waals surface area contributed by atoms with Gasteiger partial charge in [-0.25, -0.2) is 13.4 Å². The van der Waals surface area contributed by atoms with Crippen molar-refractivity contribution < 1.29 is 17.9 Å². The molecular weight excluding hydrogens is 394 g/mol. The Balaban J connectivity index is 1.47. The van der Waals surface area contributed by atoms with Crippen LogP contribution in [0, 0.1) is 0 Å². The minimum Gasteiger partial charge on any atom is -0.485 e. The molecule has 1 amide bonds. The second kappa shape index (κ2) is 7.84. The third-order valence-corrected chi connectivity index (χ3v) is 5.40. The molecular formula is C19H17N5O4S. The van der Waals surface area contributed by atoms with Gasteiger partial charge < -0.3 is 15.0 Å². The van der Waals surface area contributed by atoms with E-state index in [4.69, 9.17) is 4.74 Å². The Kier molecular flexibility index (Phi) is 5.09. The molecule has 4 rings (SSSR count). The second-order valence-electron chi connectivity index (χ2n) is 6.30. The summed E-state index contributed by atoms with van der Waals surface area (Å²) < 4.78 is 32.7. The van der Waals surface area contributed by atoms with Gasteiger partial charge in [0.25, 0.3) is 15.9 Å². The number of sulfonamides is 1. The molecule has 0 bridgehead atoms. The predicted octanol–water partition coefficient (Wildman–Crippen LogP) is 1.49. The zero-order chi connectivity index (χ0) is 20.3. The summed E-state index contributed by atoms with van der Waals surface area (Å²) in [7, 11) is -3.44. The first-order valence-corrected chi connectivity index (χ1v) is 10.4. The maximum atomic E-state index is 12.7. The molecule has 0 saturated heterocycles. The van der Waals surface area contributed by atoms with Crippen LogP contribution in [0.3, 0.4) is 0 Å². The van der Waals surface area contributed by atoms with Crippen LogP contribution in [-0.2, 0) is 21.4 Å². The number of nitrogens with zero attached hydrogens (tertiary/aromatic N) is 4. The Hall–Kier alpha value is -3.53. The van der Waals surface area contributed by atoms with Gasteiger partial charge in [-0.05, 0) is 42.0 Å². The Bertz CT molecular complexity index is 1130. The number of hydrogen-bond donors (Lipinski definition) is 1. The van der Waals surface area contributed by atoms with Gasteiger partial charge in [-0.15, -0.1) is 4.40 Å². The largest absolute Gasteiger partial charge is 0.485 e. The van der Waals surface area contributed by atoms with E-state index in [2.05, 4.69) is 19.7 Å². The first-order chi connectivity index (χ1) is 14.0. The maximum absolute atomic E-state index is 12.7. The number of aromatic nitrogens is 2. The SMILES string of the molecule is O=C(Nc1ncccc1OCc1ccncc1)C1=CN2CCS(=O)(=O)N=C2C=C1. The van der Waals surface area contributed by atoms with Crippen LogP contribution in [0.2, 0.25) is 0 Å². The van der Waals surface area contributed by atoms with E-state index < -0.39 is 10.0 Å². The van der Waals surface area contributed by atoms with Crippen LogP contribution in [0.1, 0.15) is 5.56 Å². The van der Waals surface area contributed by atoms with Crippen molar-refractivity contribution in [1.29, 1.82) is 0 Å². The lowest BCUT2D eigenvalue weighted by Gasteiger charge is -2.26. The van der Waals surface area contributed by atoms with Crippen LogP contribution in [-0.4, -0.2) is 47.3 Å². The predicted molar refractivity (Wildman–Crippen MR) is 107 cm³/mol. The molecule has 1 N–H and O–H groups in total. The van der Waals surface area contributed by atoms with Crippen LogP contribution in [0.5, 0.6) is 5.75 Å². The van der Waals surface area contributed by atoms with Crippen molar-refractivity contribution in [3.63, 3.8) is 0 Å². The number of rotatable bonds is 5. The van der Waals surface area contributed by atoms with Crippen LogP contribution in [0.4, 0.5) is 5.82 Å². The van der Waals surface area contributed by atoms with E-state index in [1.54, 1.807) is 41.8 Å². The molecule has 0 unspecified atom stereocenters. The number of carbonyl (C=O) groups excluding carboxylic acids is 1. The average Bonchev–Trinajstić information content (AvgIpc) is 2.73. The molecule has 29 heavy (non-hydrogen) atoms. The van der Waals surface area contributed by atoms with Gasteiger partial charge in [0.1, 0.15) is 12.4 Å². The van der Waals surface area contributed by atoms with E-state index in [1.807, 2.05) is 12.1 Å². The molecule has 0 aromatic carbocycles. The summed E-state index contributed by atoms with van der Waals surface area (Å²) in [6, 6.07) is 7.11. The summed E-state index contributed by atoms with van der Waals surface area (Å²) in [5, 5.41) is 2.74. The number of amidine groups is 1. The first-order valence-electron chi connectivity index (χ1n) is 8.77. The molecule has 0 saturated carbocycles. The van der Waals surface area contributed by atoms with E-state index in [0.29, 0.717) is 29.6 Å². The topological polar surface area (TPSA) is 114 Å². The van der Waals surface area contributed by atoms with E-state index in [0.717, 1.165) is 5.56 Å². The maximum Gasteiger partial charge on any atom is 0.258 e. The molecule has 0 fully saturated rings. The van der Waals surface area contributed by atoms with Crippen LogP contribution < -0.4 is 10.1 Å². The monoisotopic (exact) mass is 411 g/mol. The summed E-state index contributed by atoms with van der Waals surface area (Å²) in [6.07, 6.45) is 9.51. The Morgan fingerprint density at radius 3 is 2.83 bits per heavy atom. The van der Waals surface area contributed by atoms with E-state index in [-0.39, 0.29) is 18.2 Å². The fourth-order valence-electron chi connectivity index (χ4n) is 2.76. The number of fused-ring (bicyclic) bond motifs is 1. The zero-order valence-corrected chi connectivity index (χ0v) is 16.0. The number of anilines is 1. The van der Waals surface area contributed by atoms with Gasteiger partial charge in [-0.3, -0.25) is 9.78 Å². The summed E-state index contributed by atoms with van der Waals surface area (Å²) in [5.41, 5.74) is 1.29. The molecule has 4 heterocycles. The second-order valence-corrected chi connectivity index (χ2v) is 8.05. The lowest BCUT2D eigenvalue weighted by molar-refractivity contribution is -0.112. The highest BCUT2D eigenvalue weighted by atomic mass is 32.2. The average molecular weight is 411 g/mol. The van der Waals surface area contributed by atoms with Crippen molar-refractivity contribution >= 4 is 27.6 Å². The Morgan fingerprint density at radius 1 is 1.17 bits per heavy atom. The van der Waals surface area contributed by atoms with Crippen LogP contribution >= 0.6 is 0 Å². The highest BCUT2D eigenvalue weighted by Gasteiger charge is 2.25. The van der Waals surface area contributed by atoms with Crippen LogP contribution in [0.25, 0.3) is 0 Å². The van der Waals surface area contributed by atoms with Crippen molar-refractivity contribution in [2.75, 3.05) is 17.6 Å². The number of pyridine rings is 2. The normalized spacial score (nSPS) is 17.0. The molecule has 2 aliphatic rings. The highest BCUT2D eigenvalue weighted by Crippen LogP contribution is 2.23. The molecule has 10 heteroatoms. The molecule has 2 aromatic heterocycles. The standard InChI is InChI=1S/C19H17N5O4S/c25-19(15-3-4-17-23-29(26,27)11-10-24(17)12-15)22-18-16(2-1-7-21-18)28-13-14-5-8-20-9-6-14/h1-9,12H,10-11,13H2,(H,21,22,25). The van der Waals surface area contributed by atoms with E-state index >= 15 is 0 Å². The quantitative estimate of drug-likeness (QED) is 0.793. The number of amides is 1. The first kappa shape index (κ1) is 18.8. The number of carbonyl (C=O) groups is 1. The van der Waals surface area contributed by atoms with Gasteiger partial charge in [-0.2, -0.15) is 0 Å². The lowest BCUT2D eigenvalue weighted by atomic mass is 10.2. The van der Waals surface area contributed by atoms with E-state index in [1.165, 1.54) is 12.2 Å². The third kappa shape index (κ3) is 4.49. The van der Waals surface area contributed by atoms with Crippen molar-refractivity contribution in [1.82, 2.24) is 14.9 Å². The van der Waals surface area contributed by atoms with Crippen molar-refractivity contribution in [2.45, 2.75) is 6.61 Å². The van der Waals surface area contributed by atoms with Crippen molar-refractivity contribution in [3.8, 4) is 5.75 Å². The van der Waals surface area contributed by atoms with Crippen molar-refractivity contribution in [2.24, 2.45) is 4.40 Å². The van der Waals surface area contributed by atoms with E-state index in [9.17, 15) is 13.2 Å². The summed E-state index contributed by atoms with van der Waals surface area (Å²) in [6.45, 7) is 0.550. The lowest BCUT2D eigenvalue weighted by Crippen LogP contribution is -2.37. The van der Waals surface area contributed by atoms with Gasteiger partial charge in [0.05, 0.1) is 11.3 Å². The number of ether oxygens (including phenoxy) is 1. The summed E-state index contributed by atoms with van der Waals surface area (Å²) >= 11 is 0. The highest BCUT2D eigenvalue weighted by molar-refractivity contribution is 7.90. The molecule has 2 aliphatic heterocycles. The summed E-state index contributed by atoms with van der Waals surface area (Å²) in [4.78, 5) is 22.5. The van der Waals surface area contributed by atoms with Gasteiger partial charge in [0.15, 0.2) is 11.6 Å². The summed E-state index contributed by atoms with van der Waals surface area (Å²) in [5.74, 6) is 0.544. The fraction of sp³-hybridized carbons (Fsp3) is 0.158. The molecule has 9 nitrogen and oxygen atoms in total. The molecule has 0 aliphatic carbocycles. The fourth-order valence-corrected chi connectivity index (χ4v) is 3.73. The van der Waals surface area contributed by atoms with Crippen LogP contribution in [0.15, 0.2) is 71.2 Å². The molecule has 2 aromatic rings. The molecule has 148 valence electrons. The minimum atomic E-state index is -3.44. The van der Waals surface area contributed by atoms with Gasteiger partial charge in [-0.1, -0.05) is 0 Å². The molecule has 0 atom stereocenters. The Labute approximate surface area is 167 Å². The minimum absolute atomic E-state index is 0.0943. The third-order valence-electron chi connectivity index (χ3n) is 4.23. The van der Waals surface area contributed by atoms with Gasteiger partial charge in [0, 0.05) is 31.3 Å². The smallest absolute Gasteiger partial charge is 0.258 e. The van der Waals surface area contributed by atoms with Gasteiger partial charge in [0.2, 0.25) is 0 Å². The Morgan fingerprint density at radius 2 is 2.00 bits per heavy atom. The number of hydrogen-bond acceptors (Lipinski definition) is 7.